The zero-order chi connectivity index (χ0) is 14.4. The molecular weight excluding hydrogens is 317 g/mol. The quantitative estimate of drug-likeness (QED) is 0.779. The molecule has 19 heavy (non-hydrogen) atoms. The lowest BCUT2D eigenvalue weighted by atomic mass is 10.2. The van der Waals surface area contributed by atoms with Gasteiger partial charge < -0.3 is 9.64 Å². The van der Waals surface area contributed by atoms with Gasteiger partial charge in [-0.05, 0) is 24.6 Å². The lowest BCUT2D eigenvalue weighted by Gasteiger charge is -2.17. The number of halogens is 2. The first kappa shape index (κ1) is 15.6. The highest BCUT2D eigenvalue weighted by molar-refractivity contribution is 9.10. The van der Waals surface area contributed by atoms with Crippen LogP contribution in [-0.2, 0) is 9.53 Å². The zero-order valence-corrected chi connectivity index (χ0v) is 12.4. The normalized spacial score (nSPS) is 10.1. The molecule has 0 spiro atoms. The Morgan fingerprint density at radius 1 is 1.42 bits per heavy atom. The molecule has 0 radical (unpaired) electrons. The molecule has 1 amide bonds. The largest absolute Gasteiger partial charge is 0.469 e. The topological polar surface area (TPSA) is 46.6 Å². The Morgan fingerprint density at radius 3 is 2.74 bits per heavy atom. The summed E-state index contributed by atoms with van der Waals surface area (Å²) >= 11 is 3.20. The number of esters is 1. The van der Waals surface area contributed by atoms with E-state index >= 15 is 0 Å². The number of hydrogen-bond acceptors (Lipinski definition) is 3. The number of rotatable bonds is 5. The van der Waals surface area contributed by atoms with E-state index in [1.165, 1.54) is 30.2 Å². The van der Waals surface area contributed by atoms with Crippen molar-refractivity contribution < 1.29 is 18.7 Å². The minimum absolute atomic E-state index is 0.00921. The highest BCUT2D eigenvalue weighted by Crippen LogP contribution is 2.17. The van der Waals surface area contributed by atoms with E-state index in [1.54, 1.807) is 7.05 Å². The van der Waals surface area contributed by atoms with Crippen LogP contribution in [0.25, 0.3) is 0 Å². The van der Waals surface area contributed by atoms with Crippen molar-refractivity contribution in [2.24, 2.45) is 0 Å². The second-order valence-electron chi connectivity index (χ2n) is 4.03. The fourth-order valence-corrected chi connectivity index (χ4v) is 1.89. The highest BCUT2D eigenvalue weighted by Gasteiger charge is 2.16. The molecule has 0 bridgehead atoms. The van der Waals surface area contributed by atoms with Gasteiger partial charge in [-0.3, -0.25) is 9.59 Å². The number of carbonyl (C=O) groups is 2. The molecule has 0 fully saturated rings. The van der Waals surface area contributed by atoms with Gasteiger partial charge in [0.05, 0.1) is 12.7 Å². The number of hydrogen-bond donors (Lipinski definition) is 0. The monoisotopic (exact) mass is 331 g/mol. The van der Waals surface area contributed by atoms with Gasteiger partial charge in [0.25, 0.3) is 5.91 Å². The third-order valence-electron chi connectivity index (χ3n) is 2.61. The van der Waals surface area contributed by atoms with Crippen molar-refractivity contribution in [2.45, 2.75) is 12.8 Å². The van der Waals surface area contributed by atoms with Crippen LogP contribution in [0.15, 0.2) is 22.7 Å². The number of benzene rings is 1. The molecule has 0 heterocycles. The molecule has 1 aromatic rings. The van der Waals surface area contributed by atoms with E-state index in [4.69, 9.17) is 0 Å². The Bertz CT molecular complexity index is 479. The third kappa shape index (κ3) is 4.63. The van der Waals surface area contributed by atoms with Crippen molar-refractivity contribution in [3.05, 3.63) is 34.1 Å². The SMILES string of the molecule is COC(=O)CCCN(C)C(=O)c1cc(Br)ccc1F. The van der Waals surface area contributed by atoms with E-state index in [0.717, 1.165) is 0 Å². The third-order valence-corrected chi connectivity index (χ3v) is 3.10. The Labute approximate surface area is 119 Å². The molecular formula is C13H15BrFNO3. The Balaban J connectivity index is 2.61. The number of nitrogens with zero attached hydrogens (tertiary/aromatic N) is 1. The average Bonchev–Trinajstić information content (AvgIpc) is 2.40. The zero-order valence-electron chi connectivity index (χ0n) is 10.8. The summed E-state index contributed by atoms with van der Waals surface area (Å²) < 4.78 is 18.7. The summed E-state index contributed by atoms with van der Waals surface area (Å²) in [5.41, 5.74) is 0.00921. The van der Waals surface area contributed by atoms with Crippen LogP contribution in [0.4, 0.5) is 4.39 Å². The summed E-state index contributed by atoms with van der Waals surface area (Å²) in [6.07, 6.45) is 0.708. The van der Waals surface area contributed by atoms with E-state index in [1.807, 2.05) is 0 Å². The van der Waals surface area contributed by atoms with Crippen LogP contribution in [0.3, 0.4) is 0 Å². The van der Waals surface area contributed by atoms with Gasteiger partial charge in [0.2, 0.25) is 0 Å². The molecule has 0 saturated heterocycles. The maximum Gasteiger partial charge on any atom is 0.305 e. The Kier molecular flexibility index (Phi) is 5.95. The minimum atomic E-state index is -0.562. The summed E-state index contributed by atoms with van der Waals surface area (Å²) in [5, 5.41) is 0. The van der Waals surface area contributed by atoms with Crippen molar-refractivity contribution in [3.63, 3.8) is 0 Å². The lowest BCUT2D eigenvalue weighted by Crippen LogP contribution is -2.29. The van der Waals surface area contributed by atoms with E-state index in [-0.39, 0.29) is 18.0 Å². The van der Waals surface area contributed by atoms with Gasteiger partial charge in [-0.1, -0.05) is 15.9 Å². The maximum atomic E-state index is 13.5. The van der Waals surface area contributed by atoms with Gasteiger partial charge >= 0.3 is 5.97 Å². The minimum Gasteiger partial charge on any atom is -0.469 e. The summed E-state index contributed by atoms with van der Waals surface area (Å²) in [5.74, 6) is -1.30. The Hall–Kier alpha value is -1.43. The van der Waals surface area contributed by atoms with Crippen molar-refractivity contribution in [3.8, 4) is 0 Å². The molecule has 1 aromatic carbocycles. The maximum absolute atomic E-state index is 13.5. The first-order valence-electron chi connectivity index (χ1n) is 5.73. The molecule has 104 valence electrons. The van der Waals surface area contributed by atoms with Crippen molar-refractivity contribution in [1.82, 2.24) is 4.90 Å². The van der Waals surface area contributed by atoms with E-state index < -0.39 is 11.7 Å². The van der Waals surface area contributed by atoms with Crippen LogP contribution in [0, 0.1) is 5.82 Å². The van der Waals surface area contributed by atoms with Crippen LogP contribution >= 0.6 is 15.9 Å². The van der Waals surface area contributed by atoms with Crippen molar-refractivity contribution in [1.29, 1.82) is 0 Å². The summed E-state index contributed by atoms with van der Waals surface area (Å²) in [6.45, 7) is 0.361. The molecule has 0 aromatic heterocycles. The van der Waals surface area contributed by atoms with Crippen molar-refractivity contribution in [2.75, 3.05) is 20.7 Å². The summed E-state index contributed by atoms with van der Waals surface area (Å²) in [7, 11) is 2.88. The molecule has 0 saturated carbocycles. The summed E-state index contributed by atoms with van der Waals surface area (Å²) in [6, 6.07) is 4.21. The van der Waals surface area contributed by atoms with Crippen LogP contribution in [0.5, 0.6) is 0 Å². The number of methoxy groups -OCH3 is 1. The molecule has 0 aliphatic carbocycles. The van der Waals surface area contributed by atoms with Crippen LogP contribution in [0.2, 0.25) is 0 Å². The smallest absolute Gasteiger partial charge is 0.305 e. The second kappa shape index (κ2) is 7.23. The van der Waals surface area contributed by atoms with Gasteiger partial charge in [0.15, 0.2) is 0 Å². The predicted molar refractivity (Wildman–Crippen MR) is 72.3 cm³/mol. The van der Waals surface area contributed by atoms with Gasteiger partial charge in [-0.15, -0.1) is 0 Å². The number of carbonyl (C=O) groups excluding carboxylic acids is 2. The molecule has 0 aliphatic rings. The second-order valence-corrected chi connectivity index (χ2v) is 4.95. The summed E-state index contributed by atoms with van der Waals surface area (Å²) in [4.78, 5) is 24.3. The molecule has 1 rings (SSSR count). The van der Waals surface area contributed by atoms with Gasteiger partial charge in [-0.2, -0.15) is 0 Å². The average molecular weight is 332 g/mol. The first-order chi connectivity index (χ1) is 8.95. The fourth-order valence-electron chi connectivity index (χ4n) is 1.53. The molecule has 6 heteroatoms. The lowest BCUT2D eigenvalue weighted by molar-refractivity contribution is -0.140. The van der Waals surface area contributed by atoms with Gasteiger partial charge in [0, 0.05) is 24.5 Å². The highest BCUT2D eigenvalue weighted by atomic mass is 79.9. The molecule has 4 nitrogen and oxygen atoms in total. The van der Waals surface area contributed by atoms with E-state index in [2.05, 4.69) is 20.7 Å². The van der Waals surface area contributed by atoms with E-state index in [0.29, 0.717) is 17.4 Å². The molecule has 0 N–H and O–H groups in total. The molecule has 0 unspecified atom stereocenters. The molecule has 0 aliphatic heterocycles. The van der Waals surface area contributed by atoms with Gasteiger partial charge in [-0.25, -0.2) is 4.39 Å². The number of ether oxygens (including phenoxy) is 1. The Morgan fingerprint density at radius 2 is 2.11 bits per heavy atom. The van der Waals surface area contributed by atoms with E-state index in [9.17, 15) is 14.0 Å². The molecule has 0 atom stereocenters. The number of amides is 1. The standard InChI is InChI=1S/C13H15BrFNO3/c1-16(7-3-4-12(17)19-2)13(18)10-8-9(14)5-6-11(10)15/h5-6,8H,3-4,7H2,1-2H3. The van der Waals surface area contributed by atoms with Crippen LogP contribution in [-0.4, -0.2) is 37.5 Å². The predicted octanol–water partition coefficient (Wildman–Crippen LogP) is 2.61. The fraction of sp³-hybridized carbons (Fsp3) is 0.385. The van der Waals surface area contributed by atoms with Crippen LogP contribution < -0.4 is 0 Å². The van der Waals surface area contributed by atoms with Gasteiger partial charge in [0.1, 0.15) is 5.82 Å². The first-order valence-corrected chi connectivity index (χ1v) is 6.52. The van der Waals surface area contributed by atoms with Crippen molar-refractivity contribution >= 4 is 27.8 Å². The van der Waals surface area contributed by atoms with Crippen LogP contribution in [0.1, 0.15) is 23.2 Å².